The number of aromatic nitrogens is 6. The van der Waals surface area contributed by atoms with Crippen molar-refractivity contribution in [3.8, 4) is 22.5 Å². The molecule has 6 aromatic rings. The molecule has 0 unspecified atom stereocenters. The Balaban J connectivity index is 0.000000365. The number of carbonyl (C=O) groups is 2. The first-order valence-electron chi connectivity index (χ1n) is 15.3. The number of nitrogens with one attached hydrogen (secondary N) is 1. The third kappa shape index (κ3) is 14.1. The van der Waals surface area contributed by atoms with Crippen LogP contribution in [0.1, 0.15) is 43.5 Å². The molecule has 0 bridgehead atoms. The van der Waals surface area contributed by atoms with Crippen LogP contribution in [0, 0.1) is 56.2 Å². The number of rotatable bonds is 6. The molecule has 17 heteroatoms. The second kappa shape index (κ2) is 22.3. The zero-order chi connectivity index (χ0) is 38.5. The molecule has 2 radical (unpaired) electrons. The van der Waals surface area contributed by atoms with Gasteiger partial charge in [0.15, 0.2) is 11.4 Å². The number of carboxylic acid groups (broad SMARTS) is 2. The van der Waals surface area contributed by atoms with E-state index in [0.29, 0.717) is 17.9 Å². The molecule has 0 amide bonds. The molecule has 0 saturated carbocycles. The van der Waals surface area contributed by atoms with Gasteiger partial charge in [0.25, 0.3) is 0 Å². The van der Waals surface area contributed by atoms with Crippen molar-refractivity contribution in [2.45, 2.75) is 27.3 Å². The fourth-order valence-electron chi connectivity index (χ4n) is 4.21. The molecule has 0 atom stereocenters. The molecule has 0 saturated heterocycles. The Bertz CT molecular complexity index is 2070. The largest absolute Gasteiger partial charge is 0.476 e. The Labute approximate surface area is 336 Å². The molecule has 0 fully saturated rings. The van der Waals surface area contributed by atoms with E-state index in [9.17, 15) is 27.2 Å². The Morgan fingerprint density at radius 2 is 1.13 bits per heavy atom. The molecule has 0 aliphatic heterocycles. The number of hydrogen-bond donors (Lipinski definition) is 3. The maximum atomic E-state index is 13.5. The number of aromatic carboxylic acids is 2. The molecule has 54 heavy (non-hydrogen) atoms. The summed E-state index contributed by atoms with van der Waals surface area (Å²) in [5.41, 5.74) is 5.13. The summed E-state index contributed by atoms with van der Waals surface area (Å²) in [6.45, 7) is 6.16. The quantitative estimate of drug-likeness (QED) is 0.125. The fourth-order valence-corrected chi connectivity index (χ4v) is 4.21. The first kappa shape index (κ1) is 47.1. The van der Waals surface area contributed by atoms with Crippen molar-refractivity contribution >= 4 is 11.9 Å². The van der Waals surface area contributed by atoms with Crippen molar-refractivity contribution in [2.24, 2.45) is 14.1 Å². The first-order valence-corrected chi connectivity index (χ1v) is 15.3. The topological polar surface area (TPSA) is 148 Å². The van der Waals surface area contributed by atoms with E-state index in [-0.39, 0.29) is 62.7 Å². The van der Waals surface area contributed by atoms with Gasteiger partial charge in [0.2, 0.25) is 0 Å². The fraction of sp³-hybridized carbons (Fsp3) is 0.189. The second-order valence-electron chi connectivity index (χ2n) is 11.1. The molecular weight excluding hydrogens is 1070 g/mol. The summed E-state index contributed by atoms with van der Waals surface area (Å²) >= 11 is 0. The molecule has 11 nitrogen and oxygen atoms in total. The van der Waals surface area contributed by atoms with Crippen molar-refractivity contribution in [3.05, 3.63) is 142 Å². The standard InChI is InChI=1S/C13H11F2N2.C12H8F2N.2C6H8N2O2.2Ir/c1-16-8-9-4-5-17-13(6-9)11-3-2-10(14)7-12(11)15;1-8-4-5-15-12(6-8)10-3-2-9(13)7-11(10)14;2*1-4-3-5(6(9)10)7-8(4)2;;/h2,4-7,16H,8H2,1H3;2,4-7H,1H3;2*3H,1-2H3,(H,9,10);;/q2*-1;;;;. The van der Waals surface area contributed by atoms with Gasteiger partial charge in [-0.2, -0.15) is 10.2 Å². The molecule has 0 aliphatic carbocycles. The molecule has 0 spiro atoms. The summed E-state index contributed by atoms with van der Waals surface area (Å²) in [5.74, 6) is -4.54. The maximum absolute atomic E-state index is 13.5. The van der Waals surface area contributed by atoms with Gasteiger partial charge in [-0.05, 0) is 69.0 Å². The van der Waals surface area contributed by atoms with Crippen LogP contribution in [0.15, 0.2) is 73.1 Å². The molecule has 2 aromatic carbocycles. The van der Waals surface area contributed by atoms with Crippen molar-refractivity contribution in [2.75, 3.05) is 7.05 Å². The SMILES string of the molecule is CNCc1ccnc(-c2[c-]cc(F)cc2F)c1.Cc1cc(C(=O)O)nn1C.Cc1cc(C(=O)O)nn1C.Cc1ccnc(-c2[c-]cc(F)cc2F)c1.[Ir].[Ir]. The number of hydrogen-bond acceptors (Lipinski definition) is 7. The summed E-state index contributed by atoms with van der Waals surface area (Å²) < 4.78 is 55.4. The van der Waals surface area contributed by atoms with E-state index in [1.165, 1.54) is 21.5 Å². The predicted octanol–water partition coefficient (Wildman–Crippen LogP) is 6.53. The minimum absolute atomic E-state index is 0. The Hall–Kier alpha value is -4.92. The van der Waals surface area contributed by atoms with E-state index >= 15 is 0 Å². The van der Waals surface area contributed by atoms with Crippen molar-refractivity contribution in [1.29, 1.82) is 0 Å². The maximum Gasteiger partial charge on any atom is 0.356 e. The molecule has 3 N–H and O–H groups in total. The Morgan fingerprint density at radius 3 is 1.46 bits per heavy atom. The second-order valence-corrected chi connectivity index (χ2v) is 11.1. The molecule has 0 aliphatic rings. The van der Waals surface area contributed by atoms with Crippen LogP contribution in [-0.2, 0) is 60.9 Å². The van der Waals surface area contributed by atoms with Crippen LogP contribution in [-0.4, -0.2) is 58.7 Å². The van der Waals surface area contributed by atoms with Crippen LogP contribution in [0.25, 0.3) is 22.5 Å². The van der Waals surface area contributed by atoms with Crippen molar-refractivity contribution in [3.63, 3.8) is 0 Å². The van der Waals surface area contributed by atoms with Crippen LogP contribution >= 0.6 is 0 Å². The third-order valence-electron chi connectivity index (χ3n) is 7.01. The van der Waals surface area contributed by atoms with Gasteiger partial charge in [0.1, 0.15) is 0 Å². The van der Waals surface area contributed by atoms with Crippen LogP contribution in [0.4, 0.5) is 17.6 Å². The van der Waals surface area contributed by atoms with E-state index in [2.05, 4.69) is 37.6 Å². The summed E-state index contributed by atoms with van der Waals surface area (Å²) in [4.78, 5) is 28.6. The van der Waals surface area contributed by atoms with Gasteiger partial charge in [-0.3, -0.25) is 26.9 Å². The minimum Gasteiger partial charge on any atom is -0.476 e. The zero-order valence-electron chi connectivity index (χ0n) is 29.7. The van der Waals surface area contributed by atoms with Gasteiger partial charge in [0.05, 0.1) is 0 Å². The number of carboxylic acids is 2. The molecule has 290 valence electrons. The molecule has 4 aromatic heterocycles. The molecular formula is C37H35F4Ir2N7O4-2. The van der Waals surface area contributed by atoms with Crippen LogP contribution < -0.4 is 5.32 Å². The van der Waals surface area contributed by atoms with Gasteiger partial charge in [-0.25, -0.2) is 9.59 Å². The summed E-state index contributed by atoms with van der Waals surface area (Å²) in [5, 5.41) is 27.3. The number of aryl methyl sites for hydroxylation is 5. The van der Waals surface area contributed by atoms with Gasteiger partial charge in [-0.15, -0.1) is 24.3 Å². The first-order chi connectivity index (χ1) is 24.6. The number of halogens is 4. The average molecular weight is 1100 g/mol. The number of benzene rings is 2. The Morgan fingerprint density at radius 1 is 0.704 bits per heavy atom. The van der Waals surface area contributed by atoms with Gasteiger partial charge in [-0.1, -0.05) is 41.0 Å². The summed E-state index contributed by atoms with van der Waals surface area (Å²) in [6.07, 6.45) is 3.18. The van der Waals surface area contributed by atoms with Gasteiger partial charge < -0.3 is 25.5 Å². The summed E-state index contributed by atoms with van der Waals surface area (Å²) in [7, 11) is 5.24. The van der Waals surface area contributed by atoms with E-state index in [0.717, 1.165) is 46.8 Å². The molecule has 4 heterocycles. The normalized spacial score (nSPS) is 9.81. The smallest absolute Gasteiger partial charge is 0.356 e. The minimum atomic E-state index is -0.983. The average Bonchev–Trinajstić information content (AvgIpc) is 3.61. The van der Waals surface area contributed by atoms with E-state index in [1.807, 2.05) is 26.1 Å². The summed E-state index contributed by atoms with van der Waals surface area (Å²) in [6, 6.07) is 19.1. The van der Waals surface area contributed by atoms with E-state index in [4.69, 9.17) is 10.2 Å². The Kier molecular flexibility index (Phi) is 19.5. The predicted molar refractivity (Wildman–Crippen MR) is 184 cm³/mol. The van der Waals surface area contributed by atoms with Crippen LogP contribution in [0.3, 0.4) is 0 Å². The van der Waals surface area contributed by atoms with Crippen LogP contribution in [0.5, 0.6) is 0 Å². The van der Waals surface area contributed by atoms with Crippen molar-refractivity contribution < 1.29 is 77.6 Å². The molecule has 6 rings (SSSR count). The number of nitrogens with zero attached hydrogens (tertiary/aromatic N) is 6. The monoisotopic (exact) mass is 1100 g/mol. The van der Waals surface area contributed by atoms with E-state index < -0.39 is 35.2 Å². The van der Waals surface area contributed by atoms with Crippen LogP contribution in [0.2, 0.25) is 0 Å². The number of pyridine rings is 2. The van der Waals surface area contributed by atoms with E-state index in [1.54, 1.807) is 52.5 Å². The zero-order valence-corrected chi connectivity index (χ0v) is 34.5. The van der Waals surface area contributed by atoms with Gasteiger partial charge in [0, 0.05) is 108 Å². The third-order valence-corrected chi connectivity index (χ3v) is 7.01. The van der Waals surface area contributed by atoms with Crippen molar-refractivity contribution in [1.82, 2.24) is 34.8 Å². The van der Waals surface area contributed by atoms with Gasteiger partial charge >= 0.3 is 11.9 Å².